The molecule has 2 aromatic rings. The van der Waals surface area contributed by atoms with E-state index in [2.05, 4.69) is 15.6 Å². The molecule has 104 valence electrons. The lowest BCUT2D eigenvalue weighted by Crippen LogP contribution is -2.39. The number of hydrogen-bond acceptors (Lipinski definition) is 3. The maximum atomic E-state index is 5.88. The molecule has 2 aliphatic heterocycles. The summed E-state index contributed by atoms with van der Waals surface area (Å²) < 4.78 is 13.5. The molecule has 4 nitrogen and oxygen atoms in total. The fraction of sp³-hybridized carbons (Fsp3) is 0.438. The highest BCUT2D eigenvalue weighted by Gasteiger charge is 2.43. The molecule has 4 rings (SSSR count). The first-order valence-corrected chi connectivity index (χ1v) is 7.15. The summed E-state index contributed by atoms with van der Waals surface area (Å²) in [7, 11) is 1.69. The van der Waals surface area contributed by atoms with Crippen LogP contribution in [0.2, 0.25) is 0 Å². The third-order valence-corrected chi connectivity index (χ3v) is 4.70. The van der Waals surface area contributed by atoms with Gasteiger partial charge in [-0.2, -0.15) is 0 Å². The Morgan fingerprint density at radius 2 is 2.30 bits per heavy atom. The summed E-state index contributed by atoms with van der Waals surface area (Å²) in [5.74, 6) is 1.82. The Bertz CT molecular complexity index is 646. The first-order valence-electron chi connectivity index (χ1n) is 7.15. The highest BCUT2D eigenvalue weighted by Crippen LogP contribution is 2.49. The van der Waals surface area contributed by atoms with Crippen LogP contribution in [0.25, 0.3) is 0 Å². The molecule has 0 saturated heterocycles. The van der Waals surface area contributed by atoms with E-state index in [-0.39, 0.29) is 5.41 Å². The molecule has 0 aliphatic carbocycles. The molecule has 0 fully saturated rings. The number of fused-ring (bicyclic) bond motifs is 4. The van der Waals surface area contributed by atoms with Crippen molar-refractivity contribution in [2.75, 3.05) is 13.7 Å². The second-order valence-electron chi connectivity index (χ2n) is 5.62. The summed E-state index contributed by atoms with van der Waals surface area (Å²) in [6.07, 6.45) is 7.36. The summed E-state index contributed by atoms with van der Waals surface area (Å²) in [5.41, 5.74) is 2.68. The Balaban J connectivity index is 1.91. The van der Waals surface area contributed by atoms with Crippen LogP contribution in [0.5, 0.6) is 11.5 Å². The molecule has 1 unspecified atom stereocenters. The van der Waals surface area contributed by atoms with Gasteiger partial charge in [-0.15, -0.1) is 0 Å². The normalized spacial score (nSPS) is 23.9. The Hall–Kier alpha value is -1.97. The average Bonchev–Trinajstić information content (AvgIpc) is 2.97. The maximum Gasteiger partial charge on any atom is 0.127 e. The average molecular weight is 270 g/mol. The lowest BCUT2D eigenvalue weighted by Gasteiger charge is -2.42. The van der Waals surface area contributed by atoms with Gasteiger partial charge in [-0.05, 0) is 25.3 Å². The lowest BCUT2D eigenvalue weighted by atomic mass is 9.69. The van der Waals surface area contributed by atoms with E-state index in [1.807, 2.05) is 24.7 Å². The van der Waals surface area contributed by atoms with Crippen LogP contribution in [0, 0.1) is 0 Å². The van der Waals surface area contributed by atoms with Crippen molar-refractivity contribution in [2.45, 2.75) is 31.2 Å². The highest BCUT2D eigenvalue weighted by atomic mass is 16.5. The fourth-order valence-corrected chi connectivity index (χ4v) is 3.72. The monoisotopic (exact) mass is 270 g/mol. The molecule has 3 heterocycles. The number of aromatic nitrogens is 2. The molecule has 20 heavy (non-hydrogen) atoms. The van der Waals surface area contributed by atoms with Gasteiger partial charge in [0.15, 0.2) is 0 Å². The lowest BCUT2D eigenvalue weighted by molar-refractivity contribution is 0.207. The number of methoxy groups -OCH3 is 1. The van der Waals surface area contributed by atoms with Crippen molar-refractivity contribution >= 4 is 0 Å². The number of rotatable bonds is 1. The van der Waals surface area contributed by atoms with Gasteiger partial charge in [0.05, 0.1) is 20.0 Å². The molecular weight excluding hydrogens is 252 g/mol. The summed E-state index contributed by atoms with van der Waals surface area (Å²) in [4.78, 5) is 4.36. The van der Waals surface area contributed by atoms with Gasteiger partial charge in [-0.3, -0.25) is 0 Å². The van der Waals surface area contributed by atoms with Gasteiger partial charge < -0.3 is 14.0 Å². The first kappa shape index (κ1) is 11.8. The van der Waals surface area contributed by atoms with Crippen molar-refractivity contribution in [3.05, 3.63) is 42.0 Å². The quantitative estimate of drug-likeness (QED) is 0.799. The van der Waals surface area contributed by atoms with Crippen LogP contribution in [0.1, 0.15) is 30.5 Å². The first-order chi connectivity index (χ1) is 9.83. The number of ether oxygens (including phenoxy) is 2. The largest absolute Gasteiger partial charge is 0.497 e. The molecule has 0 saturated carbocycles. The van der Waals surface area contributed by atoms with E-state index < -0.39 is 0 Å². The molecule has 1 aromatic heterocycles. The minimum atomic E-state index is 0.0641. The zero-order chi connectivity index (χ0) is 13.6. The van der Waals surface area contributed by atoms with Crippen LogP contribution in [0.3, 0.4) is 0 Å². The van der Waals surface area contributed by atoms with Crippen LogP contribution in [-0.4, -0.2) is 23.3 Å². The third-order valence-electron chi connectivity index (χ3n) is 4.70. The van der Waals surface area contributed by atoms with Crippen LogP contribution < -0.4 is 9.47 Å². The van der Waals surface area contributed by atoms with Gasteiger partial charge >= 0.3 is 0 Å². The topological polar surface area (TPSA) is 36.3 Å². The van der Waals surface area contributed by atoms with Gasteiger partial charge in [0.1, 0.15) is 11.5 Å². The van der Waals surface area contributed by atoms with E-state index in [0.29, 0.717) is 0 Å². The van der Waals surface area contributed by atoms with E-state index in [1.54, 1.807) is 7.11 Å². The number of aryl methyl sites for hydroxylation is 1. The molecule has 1 spiro atoms. The number of benzene rings is 1. The smallest absolute Gasteiger partial charge is 0.127 e. The van der Waals surface area contributed by atoms with Gasteiger partial charge in [0.2, 0.25) is 0 Å². The SMILES string of the molecule is COc1ccc2c(c1)OCCC21CCCn2cncc21. The summed E-state index contributed by atoms with van der Waals surface area (Å²) in [6.45, 7) is 1.83. The van der Waals surface area contributed by atoms with Crippen LogP contribution >= 0.6 is 0 Å². The molecular formula is C16H18N2O2. The Kier molecular flexibility index (Phi) is 2.52. The maximum absolute atomic E-state index is 5.88. The number of nitrogens with zero attached hydrogens (tertiary/aromatic N) is 2. The number of imidazole rings is 1. The van der Waals surface area contributed by atoms with E-state index >= 15 is 0 Å². The van der Waals surface area contributed by atoms with Crippen molar-refractivity contribution in [3.63, 3.8) is 0 Å². The standard InChI is InChI=1S/C16H18N2O2/c1-19-12-3-4-13-14(9-12)20-8-6-16(13)5-2-7-18-11-17-10-15(16)18/h3-4,9-11H,2,5-8H2,1H3. The summed E-state index contributed by atoms with van der Waals surface area (Å²) in [6, 6.07) is 6.20. The molecule has 1 atom stereocenters. The molecule has 0 radical (unpaired) electrons. The molecule has 0 bridgehead atoms. The van der Waals surface area contributed by atoms with Crippen LogP contribution in [0.15, 0.2) is 30.7 Å². The molecule has 2 aliphatic rings. The Morgan fingerprint density at radius 3 is 3.20 bits per heavy atom. The van der Waals surface area contributed by atoms with Crippen molar-refractivity contribution < 1.29 is 9.47 Å². The van der Waals surface area contributed by atoms with Gasteiger partial charge in [0, 0.05) is 35.5 Å². The molecule has 0 N–H and O–H groups in total. The second kappa shape index (κ2) is 4.27. The minimum absolute atomic E-state index is 0.0641. The third kappa shape index (κ3) is 1.51. The van der Waals surface area contributed by atoms with E-state index in [4.69, 9.17) is 9.47 Å². The summed E-state index contributed by atoms with van der Waals surface area (Å²) in [5, 5.41) is 0. The van der Waals surface area contributed by atoms with E-state index in [0.717, 1.165) is 31.1 Å². The second-order valence-corrected chi connectivity index (χ2v) is 5.62. The van der Waals surface area contributed by atoms with Crippen LogP contribution in [0.4, 0.5) is 0 Å². The van der Waals surface area contributed by atoms with Crippen molar-refractivity contribution in [1.29, 1.82) is 0 Å². The minimum Gasteiger partial charge on any atom is -0.497 e. The van der Waals surface area contributed by atoms with E-state index in [1.165, 1.54) is 24.1 Å². The zero-order valence-corrected chi connectivity index (χ0v) is 11.6. The van der Waals surface area contributed by atoms with Crippen LogP contribution in [-0.2, 0) is 12.0 Å². The molecule has 1 aromatic carbocycles. The summed E-state index contributed by atoms with van der Waals surface area (Å²) >= 11 is 0. The number of hydrogen-bond donors (Lipinski definition) is 0. The predicted octanol–water partition coefficient (Wildman–Crippen LogP) is 2.75. The van der Waals surface area contributed by atoms with Crippen molar-refractivity contribution in [3.8, 4) is 11.5 Å². The predicted molar refractivity (Wildman–Crippen MR) is 75.3 cm³/mol. The van der Waals surface area contributed by atoms with E-state index in [9.17, 15) is 0 Å². The Morgan fingerprint density at radius 1 is 1.35 bits per heavy atom. The van der Waals surface area contributed by atoms with Gasteiger partial charge in [-0.1, -0.05) is 6.07 Å². The van der Waals surface area contributed by atoms with Crippen molar-refractivity contribution in [2.24, 2.45) is 0 Å². The molecule has 4 heteroatoms. The zero-order valence-electron chi connectivity index (χ0n) is 11.6. The van der Waals surface area contributed by atoms with Gasteiger partial charge in [-0.25, -0.2) is 4.98 Å². The van der Waals surface area contributed by atoms with Crippen molar-refractivity contribution in [1.82, 2.24) is 9.55 Å². The molecule has 0 amide bonds. The highest BCUT2D eigenvalue weighted by molar-refractivity contribution is 5.50. The van der Waals surface area contributed by atoms with Gasteiger partial charge in [0.25, 0.3) is 0 Å². The Labute approximate surface area is 118 Å². The fourth-order valence-electron chi connectivity index (χ4n) is 3.72.